The summed E-state index contributed by atoms with van der Waals surface area (Å²) in [5.41, 5.74) is 2.90. The first-order chi connectivity index (χ1) is 9.33. The third kappa shape index (κ3) is 2.48. The van der Waals surface area contributed by atoms with Crippen molar-refractivity contribution in [3.8, 4) is 5.75 Å². The van der Waals surface area contributed by atoms with Gasteiger partial charge in [-0.15, -0.1) is 23.5 Å². The minimum Gasteiger partial charge on any atom is -0.497 e. The average Bonchev–Trinajstić information content (AvgIpc) is 2.92. The highest BCUT2D eigenvalue weighted by atomic mass is 32.2. The summed E-state index contributed by atoms with van der Waals surface area (Å²) < 4.78 is 5.93. The Kier molecular flexibility index (Phi) is 3.99. The summed E-state index contributed by atoms with van der Waals surface area (Å²) in [6.07, 6.45) is 2.30. The summed E-state index contributed by atoms with van der Waals surface area (Å²) in [7, 11) is 1.71. The molecule has 2 saturated heterocycles. The predicted octanol–water partition coefficient (Wildman–Crippen LogP) is 3.64. The van der Waals surface area contributed by atoms with E-state index >= 15 is 0 Å². The highest BCUT2D eigenvalue weighted by Gasteiger charge is 2.40. The number of benzene rings is 1. The van der Waals surface area contributed by atoms with Crippen molar-refractivity contribution in [3.05, 3.63) is 35.9 Å². The lowest BCUT2D eigenvalue weighted by Crippen LogP contribution is -2.54. The summed E-state index contributed by atoms with van der Waals surface area (Å²) in [6, 6.07) is 9.02. The van der Waals surface area contributed by atoms with Crippen LogP contribution in [0.5, 0.6) is 5.75 Å². The number of rotatable bonds is 3. The van der Waals surface area contributed by atoms with Crippen LogP contribution in [-0.4, -0.2) is 35.8 Å². The maximum absolute atomic E-state index is 5.23. The average molecular weight is 293 g/mol. The van der Waals surface area contributed by atoms with Crippen LogP contribution in [0.15, 0.2) is 35.9 Å². The molecule has 2 nitrogen and oxygen atoms in total. The first kappa shape index (κ1) is 13.3. The van der Waals surface area contributed by atoms with E-state index in [1.165, 1.54) is 17.2 Å². The van der Waals surface area contributed by atoms with E-state index < -0.39 is 0 Å². The number of nitrogens with zero attached hydrogens (tertiary/aromatic N) is 1. The molecule has 0 radical (unpaired) electrons. The number of thioether (sulfide) groups is 2. The van der Waals surface area contributed by atoms with Crippen molar-refractivity contribution < 1.29 is 4.74 Å². The highest BCUT2D eigenvalue weighted by molar-refractivity contribution is 8.20. The maximum atomic E-state index is 5.23. The molecule has 19 heavy (non-hydrogen) atoms. The zero-order valence-corrected chi connectivity index (χ0v) is 13.0. The molecule has 0 saturated carbocycles. The molecule has 1 aromatic rings. The third-order valence-corrected chi connectivity index (χ3v) is 6.88. The molecular formula is C15H19NOS2. The Labute approximate surface area is 123 Å². The van der Waals surface area contributed by atoms with Gasteiger partial charge < -0.3 is 9.64 Å². The van der Waals surface area contributed by atoms with E-state index in [0.29, 0.717) is 10.6 Å². The van der Waals surface area contributed by atoms with E-state index in [1.807, 2.05) is 0 Å². The monoisotopic (exact) mass is 293 g/mol. The van der Waals surface area contributed by atoms with Gasteiger partial charge in [-0.1, -0.05) is 6.08 Å². The Morgan fingerprint density at radius 3 is 2.47 bits per heavy atom. The molecule has 2 heterocycles. The molecule has 0 N–H and O–H groups in total. The van der Waals surface area contributed by atoms with Crippen molar-refractivity contribution >= 4 is 29.2 Å². The molecule has 2 fully saturated rings. The van der Waals surface area contributed by atoms with Crippen LogP contribution in [0.1, 0.15) is 6.92 Å². The fourth-order valence-corrected chi connectivity index (χ4v) is 5.85. The van der Waals surface area contributed by atoms with Gasteiger partial charge >= 0.3 is 0 Å². The van der Waals surface area contributed by atoms with E-state index in [4.69, 9.17) is 4.74 Å². The smallest absolute Gasteiger partial charge is 0.119 e. The van der Waals surface area contributed by atoms with Crippen LogP contribution >= 0.6 is 23.5 Å². The van der Waals surface area contributed by atoms with E-state index in [0.717, 1.165) is 12.3 Å². The van der Waals surface area contributed by atoms with Gasteiger partial charge in [0.1, 0.15) is 5.75 Å². The normalized spacial score (nSPS) is 25.7. The fourth-order valence-electron chi connectivity index (χ4n) is 2.64. The summed E-state index contributed by atoms with van der Waals surface area (Å²) in [5.74, 6) is 3.51. The van der Waals surface area contributed by atoms with Gasteiger partial charge in [-0.25, -0.2) is 0 Å². The second kappa shape index (κ2) is 5.71. The maximum Gasteiger partial charge on any atom is 0.119 e. The third-order valence-electron chi connectivity index (χ3n) is 3.75. The van der Waals surface area contributed by atoms with Crippen LogP contribution in [-0.2, 0) is 0 Å². The quantitative estimate of drug-likeness (QED) is 0.789. The van der Waals surface area contributed by atoms with Crippen molar-refractivity contribution in [3.63, 3.8) is 0 Å². The molecule has 3 rings (SSSR count). The molecule has 0 amide bonds. The fraction of sp³-hybridized carbons (Fsp3) is 0.467. The number of ether oxygens (including phenoxy) is 1. The Morgan fingerprint density at radius 1 is 1.21 bits per heavy atom. The molecule has 102 valence electrons. The molecule has 1 aromatic carbocycles. The van der Waals surface area contributed by atoms with E-state index in [1.54, 1.807) is 12.7 Å². The minimum absolute atomic E-state index is 0.580. The summed E-state index contributed by atoms with van der Waals surface area (Å²) in [4.78, 5) is 2.52. The lowest BCUT2D eigenvalue weighted by Gasteiger charge is -2.48. The van der Waals surface area contributed by atoms with Gasteiger partial charge in [-0.3, -0.25) is 0 Å². The number of hydrogen-bond acceptors (Lipinski definition) is 4. The molecule has 1 atom stereocenters. The number of methoxy groups -OCH3 is 1. The standard InChI is InChI=1S/C15H19NOS2/c1-3-11-10-16(14(11)15-18-8-9-19-15)12-4-6-13(17-2)7-5-12/h3-7,14-15H,8-10H2,1-2H3/b11-3-. The summed E-state index contributed by atoms with van der Waals surface area (Å²) >= 11 is 4.21. The zero-order chi connectivity index (χ0) is 13.2. The van der Waals surface area contributed by atoms with Gasteiger partial charge in [0.05, 0.1) is 17.7 Å². The van der Waals surface area contributed by atoms with Gasteiger partial charge in [0.25, 0.3) is 0 Å². The molecule has 0 aromatic heterocycles. The molecule has 0 spiro atoms. The molecular weight excluding hydrogens is 274 g/mol. The van der Waals surface area contributed by atoms with Crippen molar-refractivity contribution in [2.75, 3.05) is 30.1 Å². The predicted molar refractivity (Wildman–Crippen MR) is 86.6 cm³/mol. The Balaban J connectivity index is 1.79. The van der Waals surface area contributed by atoms with Gasteiger partial charge in [-0.05, 0) is 36.8 Å². The van der Waals surface area contributed by atoms with Crippen LogP contribution in [0.4, 0.5) is 5.69 Å². The number of allylic oxidation sites excluding steroid dienone is 1. The van der Waals surface area contributed by atoms with Crippen LogP contribution in [0, 0.1) is 0 Å². The largest absolute Gasteiger partial charge is 0.497 e. The van der Waals surface area contributed by atoms with Gasteiger partial charge in [0, 0.05) is 23.7 Å². The van der Waals surface area contributed by atoms with Crippen molar-refractivity contribution in [2.45, 2.75) is 17.5 Å². The Hall–Kier alpha value is -0.740. The topological polar surface area (TPSA) is 12.5 Å². The SMILES string of the molecule is C/C=C1/CN(c2ccc(OC)cc2)C1C1SCCS1. The Morgan fingerprint density at radius 2 is 1.89 bits per heavy atom. The van der Waals surface area contributed by atoms with Crippen LogP contribution in [0.25, 0.3) is 0 Å². The van der Waals surface area contributed by atoms with Crippen LogP contribution in [0.3, 0.4) is 0 Å². The van der Waals surface area contributed by atoms with E-state index in [2.05, 4.69) is 65.7 Å². The Bertz CT molecular complexity index is 466. The first-order valence-electron chi connectivity index (χ1n) is 6.62. The number of hydrogen-bond donors (Lipinski definition) is 0. The molecule has 0 bridgehead atoms. The molecule has 2 aliphatic heterocycles. The van der Waals surface area contributed by atoms with Crippen LogP contribution < -0.4 is 9.64 Å². The highest BCUT2D eigenvalue weighted by Crippen LogP contribution is 2.44. The van der Waals surface area contributed by atoms with Gasteiger partial charge in [0.2, 0.25) is 0 Å². The second-order valence-electron chi connectivity index (χ2n) is 4.74. The molecule has 0 aliphatic carbocycles. The lowest BCUT2D eigenvalue weighted by molar-refractivity contribution is 0.414. The summed E-state index contributed by atoms with van der Waals surface area (Å²) in [5, 5.41) is 0. The van der Waals surface area contributed by atoms with Crippen molar-refractivity contribution in [1.29, 1.82) is 0 Å². The van der Waals surface area contributed by atoms with Crippen molar-refractivity contribution in [1.82, 2.24) is 0 Å². The van der Waals surface area contributed by atoms with E-state index in [-0.39, 0.29) is 0 Å². The second-order valence-corrected chi connectivity index (χ2v) is 7.54. The van der Waals surface area contributed by atoms with Crippen molar-refractivity contribution in [2.24, 2.45) is 0 Å². The van der Waals surface area contributed by atoms with Gasteiger partial charge in [0.15, 0.2) is 0 Å². The first-order valence-corrected chi connectivity index (χ1v) is 8.72. The summed E-state index contributed by atoms with van der Waals surface area (Å²) in [6.45, 7) is 3.24. The van der Waals surface area contributed by atoms with Gasteiger partial charge in [-0.2, -0.15) is 0 Å². The lowest BCUT2D eigenvalue weighted by atomic mass is 9.95. The van der Waals surface area contributed by atoms with Crippen LogP contribution in [0.2, 0.25) is 0 Å². The zero-order valence-electron chi connectivity index (χ0n) is 11.3. The number of anilines is 1. The van der Waals surface area contributed by atoms with E-state index in [9.17, 15) is 0 Å². The molecule has 2 aliphatic rings. The minimum atomic E-state index is 0.580. The molecule has 4 heteroatoms. The molecule has 1 unspecified atom stereocenters.